The predicted molar refractivity (Wildman–Crippen MR) is 73.5 cm³/mol. The Hall–Kier alpha value is -1.86. The van der Waals surface area contributed by atoms with Gasteiger partial charge in [-0.1, -0.05) is 6.07 Å². The van der Waals surface area contributed by atoms with Crippen molar-refractivity contribution in [2.24, 2.45) is 0 Å². The van der Waals surface area contributed by atoms with Crippen LogP contribution in [0.5, 0.6) is 0 Å². The van der Waals surface area contributed by atoms with E-state index >= 15 is 0 Å². The first-order valence-corrected chi connectivity index (χ1v) is 6.17. The molecule has 0 saturated heterocycles. The molecule has 0 atom stereocenters. The van der Waals surface area contributed by atoms with Crippen LogP contribution in [0, 0.1) is 10.1 Å². The van der Waals surface area contributed by atoms with Gasteiger partial charge >= 0.3 is 5.69 Å². The van der Waals surface area contributed by atoms with Gasteiger partial charge in [0.1, 0.15) is 11.4 Å². The molecule has 7 nitrogen and oxygen atoms in total. The fourth-order valence-corrected chi connectivity index (χ4v) is 1.63. The second kappa shape index (κ2) is 8.28. The molecule has 0 aliphatic carbocycles. The number of aliphatic hydroxyl groups excluding tert-OH is 2. The van der Waals surface area contributed by atoms with Crippen LogP contribution in [0.25, 0.3) is 0 Å². The van der Waals surface area contributed by atoms with Crippen LogP contribution in [0.3, 0.4) is 0 Å². The van der Waals surface area contributed by atoms with Gasteiger partial charge in [0.05, 0.1) is 4.92 Å². The maximum atomic E-state index is 11.1. The summed E-state index contributed by atoms with van der Waals surface area (Å²) in [7, 11) is 0. The van der Waals surface area contributed by atoms with Gasteiger partial charge in [0.15, 0.2) is 0 Å². The highest BCUT2D eigenvalue weighted by molar-refractivity contribution is 5.76. The molecule has 0 saturated carbocycles. The van der Waals surface area contributed by atoms with E-state index in [9.17, 15) is 10.1 Å². The second-order valence-corrected chi connectivity index (χ2v) is 3.97. The summed E-state index contributed by atoms with van der Waals surface area (Å²) in [5.41, 5.74) is 0.832. The van der Waals surface area contributed by atoms with Crippen molar-refractivity contribution < 1.29 is 15.1 Å². The third-order valence-electron chi connectivity index (χ3n) is 2.52. The second-order valence-electron chi connectivity index (χ2n) is 3.97. The van der Waals surface area contributed by atoms with Crippen molar-refractivity contribution in [1.82, 2.24) is 0 Å². The number of para-hydroxylation sites is 1. The van der Waals surface area contributed by atoms with Gasteiger partial charge < -0.3 is 20.8 Å². The maximum Gasteiger partial charge on any atom is 0.315 e. The zero-order valence-corrected chi connectivity index (χ0v) is 10.6. The van der Waals surface area contributed by atoms with Crippen LogP contribution >= 0.6 is 0 Å². The molecule has 1 aromatic rings. The van der Waals surface area contributed by atoms with Gasteiger partial charge in [-0.15, -0.1) is 0 Å². The molecule has 7 heteroatoms. The number of anilines is 2. The number of nitrogens with zero attached hydrogens (tertiary/aromatic N) is 1. The Balaban J connectivity index is 2.84. The predicted octanol–water partition coefficient (Wildman–Crippen LogP) is 1.18. The molecule has 0 aliphatic heterocycles. The molecule has 0 amide bonds. The van der Waals surface area contributed by atoms with Gasteiger partial charge in [-0.05, 0) is 25.0 Å². The summed E-state index contributed by atoms with van der Waals surface area (Å²) < 4.78 is 0. The van der Waals surface area contributed by atoms with Crippen molar-refractivity contribution in [3.8, 4) is 0 Å². The Morgan fingerprint density at radius 2 is 1.53 bits per heavy atom. The van der Waals surface area contributed by atoms with Gasteiger partial charge in [0.2, 0.25) is 0 Å². The van der Waals surface area contributed by atoms with Crippen LogP contribution in [-0.2, 0) is 0 Å². The molecule has 0 radical (unpaired) electrons. The minimum Gasteiger partial charge on any atom is -0.396 e. The molecule has 106 valence electrons. The van der Waals surface area contributed by atoms with Crippen molar-refractivity contribution in [3.05, 3.63) is 28.3 Å². The lowest BCUT2D eigenvalue weighted by Gasteiger charge is -2.11. The van der Waals surface area contributed by atoms with Crippen molar-refractivity contribution in [2.75, 3.05) is 36.9 Å². The first kappa shape index (κ1) is 15.2. The van der Waals surface area contributed by atoms with Crippen molar-refractivity contribution >= 4 is 17.1 Å². The zero-order valence-electron chi connectivity index (χ0n) is 10.6. The molecule has 0 aliphatic rings. The first-order valence-electron chi connectivity index (χ1n) is 6.17. The standard InChI is InChI=1S/C12H19N3O4/c16-8-2-6-13-10-4-1-5-11(12(10)15(18)19)14-7-3-9-17/h1,4-5,13-14,16-17H,2-3,6-9H2. The summed E-state index contributed by atoms with van der Waals surface area (Å²) in [6.45, 7) is 1.01. The third-order valence-corrected chi connectivity index (χ3v) is 2.52. The molecule has 0 heterocycles. The van der Waals surface area contributed by atoms with Gasteiger partial charge in [-0.2, -0.15) is 0 Å². The highest BCUT2D eigenvalue weighted by Gasteiger charge is 2.18. The van der Waals surface area contributed by atoms with Crippen LogP contribution in [0.4, 0.5) is 17.1 Å². The van der Waals surface area contributed by atoms with Gasteiger partial charge in [-0.25, -0.2) is 0 Å². The SMILES string of the molecule is O=[N+]([O-])c1c(NCCCO)cccc1NCCCO. The Kier molecular flexibility index (Phi) is 6.62. The molecule has 19 heavy (non-hydrogen) atoms. The van der Waals surface area contributed by atoms with Crippen LogP contribution < -0.4 is 10.6 Å². The van der Waals surface area contributed by atoms with E-state index in [1.807, 2.05) is 0 Å². The zero-order chi connectivity index (χ0) is 14.1. The quantitative estimate of drug-likeness (QED) is 0.304. The summed E-state index contributed by atoms with van der Waals surface area (Å²) in [4.78, 5) is 10.7. The number of rotatable bonds is 9. The molecule has 1 aromatic carbocycles. The Labute approximate surface area is 111 Å². The van der Waals surface area contributed by atoms with Gasteiger partial charge in [0.25, 0.3) is 0 Å². The fraction of sp³-hybridized carbons (Fsp3) is 0.500. The summed E-state index contributed by atoms with van der Waals surface area (Å²) in [6, 6.07) is 4.98. The summed E-state index contributed by atoms with van der Waals surface area (Å²) in [5, 5.41) is 34.4. The van der Waals surface area contributed by atoms with E-state index in [-0.39, 0.29) is 18.9 Å². The fourth-order valence-electron chi connectivity index (χ4n) is 1.63. The van der Waals surface area contributed by atoms with Gasteiger partial charge in [-0.3, -0.25) is 10.1 Å². The molecule has 0 bridgehead atoms. The molecule has 0 fully saturated rings. The number of aliphatic hydroxyl groups is 2. The lowest BCUT2D eigenvalue weighted by molar-refractivity contribution is -0.383. The van der Waals surface area contributed by atoms with E-state index < -0.39 is 4.92 Å². The minimum absolute atomic E-state index is 0.0154. The summed E-state index contributed by atoms with van der Waals surface area (Å²) in [5.74, 6) is 0. The molecule has 0 spiro atoms. The number of nitro groups is 1. The minimum atomic E-state index is -0.442. The van der Waals surface area contributed by atoms with E-state index in [0.717, 1.165) is 0 Å². The smallest absolute Gasteiger partial charge is 0.315 e. The largest absolute Gasteiger partial charge is 0.396 e. The lowest BCUT2D eigenvalue weighted by atomic mass is 10.2. The summed E-state index contributed by atoms with van der Waals surface area (Å²) >= 11 is 0. The molecule has 4 N–H and O–H groups in total. The highest BCUT2D eigenvalue weighted by atomic mass is 16.6. The first-order chi connectivity index (χ1) is 9.20. The van der Waals surface area contributed by atoms with Crippen LogP contribution in [0.15, 0.2) is 18.2 Å². The molecule has 1 rings (SSSR count). The molecule has 0 unspecified atom stereocenters. The monoisotopic (exact) mass is 269 g/mol. The van der Waals surface area contributed by atoms with Crippen LogP contribution in [-0.4, -0.2) is 41.4 Å². The van der Waals surface area contributed by atoms with Crippen molar-refractivity contribution in [2.45, 2.75) is 12.8 Å². The van der Waals surface area contributed by atoms with E-state index in [1.165, 1.54) is 0 Å². The van der Waals surface area contributed by atoms with E-state index in [1.54, 1.807) is 18.2 Å². The average Bonchev–Trinajstić information content (AvgIpc) is 2.39. The van der Waals surface area contributed by atoms with Crippen molar-refractivity contribution in [3.63, 3.8) is 0 Å². The Bertz CT molecular complexity index is 384. The van der Waals surface area contributed by atoms with E-state index in [4.69, 9.17) is 10.2 Å². The topological polar surface area (TPSA) is 108 Å². The molecule has 0 aromatic heterocycles. The number of nitrogens with one attached hydrogen (secondary N) is 2. The normalized spacial score (nSPS) is 10.2. The van der Waals surface area contributed by atoms with E-state index in [2.05, 4.69) is 10.6 Å². The Morgan fingerprint density at radius 3 is 1.89 bits per heavy atom. The maximum absolute atomic E-state index is 11.1. The number of benzene rings is 1. The van der Waals surface area contributed by atoms with Gasteiger partial charge in [0, 0.05) is 26.3 Å². The highest BCUT2D eigenvalue weighted by Crippen LogP contribution is 2.32. The van der Waals surface area contributed by atoms with E-state index in [0.29, 0.717) is 37.3 Å². The Morgan fingerprint density at radius 1 is 1.05 bits per heavy atom. The van der Waals surface area contributed by atoms with Crippen LogP contribution in [0.2, 0.25) is 0 Å². The van der Waals surface area contributed by atoms with Crippen molar-refractivity contribution in [1.29, 1.82) is 0 Å². The molecular formula is C12H19N3O4. The summed E-state index contributed by atoms with van der Waals surface area (Å²) in [6.07, 6.45) is 1.05. The average molecular weight is 269 g/mol. The van der Waals surface area contributed by atoms with Crippen LogP contribution in [0.1, 0.15) is 12.8 Å². The number of nitro benzene ring substituents is 1. The lowest BCUT2D eigenvalue weighted by Crippen LogP contribution is -2.09. The number of hydrogen-bond acceptors (Lipinski definition) is 6. The molecular weight excluding hydrogens is 250 g/mol. The third kappa shape index (κ3) is 4.72. The number of hydrogen-bond donors (Lipinski definition) is 4.